The Hall–Kier alpha value is -3.22. The Morgan fingerprint density at radius 3 is 2.11 bits per heavy atom. The average molecular weight is 384 g/mol. The minimum absolute atomic E-state index is 0.111. The molecule has 0 atom stereocenters. The number of amides is 2. The average Bonchev–Trinajstić information content (AvgIpc) is 2.74. The van der Waals surface area contributed by atoms with Crippen molar-refractivity contribution in [1.29, 1.82) is 0 Å². The van der Waals surface area contributed by atoms with E-state index in [0.29, 0.717) is 42.7 Å². The van der Waals surface area contributed by atoms with E-state index in [4.69, 9.17) is 0 Å². The summed E-state index contributed by atoms with van der Waals surface area (Å²) < 4.78 is 17.6. The molecule has 1 fully saturated rings. The molecule has 2 aromatic rings. The fourth-order valence-corrected chi connectivity index (χ4v) is 3.17. The molecule has 2 amide bonds. The first kappa shape index (κ1) is 19.5. The van der Waals surface area contributed by atoms with Gasteiger partial charge in [0, 0.05) is 30.3 Å². The largest absolute Gasteiger partial charge is 0.465 e. The van der Waals surface area contributed by atoms with Gasteiger partial charge in [-0.2, -0.15) is 0 Å². The van der Waals surface area contributed by atoms with E-state index in [2.05, 4.69) is 10.1 Å². The molecule has 1 heterocycles. The van der Waals surface area contributed by atoms with Gasteiger partial charge < -0.3 is 15.0 Å². The van der Waals surface area contributed by atoms with Crippen LogP contribution in [-0.2, 0) is 9.53 Å². The summed E-state index contributed by atoms with van der Waals surface area (Å²) in [4.78, 5) is 38.1. The Labute approximate surface area is 162 Å². The molecule has 0 bridgehead atoms. The number of ether oxygens (including phenoxy) is 1. The number of piperidine rings is 1. The Morgan fingerprint density at radius 1 is 0.964 bits per heavy atom. The van der Waals surface area contributed by atoms with E-state index >= 15 is 0 Å². The molecule has 1 aliphatic rings. The van der Waals surface area contributed by atoms with Crippen LogP contribution < -0.4 is 5.32 Å². The molecular weight excluding hydrogens is 363 g/mol. The van der Waals surface area contributed by atoms with Crippen molar-refractivity contribution < 1.29 is 23.5 Å². The molecule has 146 valence electrons. The van der Waals surface area contributed by atoms with Crippen molar-refractivity contribution in [1.82, 2.24) is 4.90 Å². The standard InChI is InChI=1S/C21H21FN2O4/c1-28-21(27)16-4-8-18(9-5-16)23-19(25)14-10-12-24(13-11-14)20(26)15-2-6-17(22)7-3-15/h2-9,14H,10-13H2,1H3,(H,23,25). The second-order valence-electron chi connectivity index (χ2n) is 6.63. The Bertz CT molecular complexity index is 857. The molecule has 0 radical (unpaired) electrons. The lowest BCUT2D eigenvalue weighted by Gasteiger charge is -2.31. The van der Waals surface area contributed by atoms with Crippen molar-refractivity contribution in [2.75, 3.05) is 25.5 Å². The minimum Gasteiger partial charge on any atom is -0.465 e. The second-order valence-corrected chi connectivity index (χ2v) is 6.63. The highest BCUT2D eigenvalue weighted by molar-refractivity contribution is 5.96. The van der Waals surface area contributed by atoms with Crippen LogP contribution in [0.5, 0.6) is 0 Å². The van der Waals surface area contributed by atoms with Gasteiger partial charge in [0.05, 0.1) is 12.7 Å². The maximum absolute atomic E-state index is 13.0. The topological polar surface area (TPSA) is 75.7 Å². The van der Waals surface area contributed by atoms with E-state index in [1.165, 1.54) is 31.4 Å². The van der Waals surface area contributed by atoms with E-state index < -0.39 is 5.97 Å². The molecule has 1 saturated heterocycles. The van der Waals surface area contributed by atoms with Gasteiger partial charge in [0.15, 0.2) is 0 Å². The summed E-state index contributed by atoms with van der Waals surface area (Å²) in [6.45, 7) is 0.936. The Kier molecular flexibility index (Phi) is 6.03. The Balaban J connectivity index is 1.53. The highest BCUT2D eigenvalue weighted by Gasteiger charge is 2.28. The number of nitrogens with zero attached hydrogens (tertiary/aromatic N) is 1. The van der Waals surface area contributed by atoms with Crippen LogP contribution in [0.1, 0.15) is 33.6 Å². The number of anilines is 1. The van der Waals surface area contributed by atoms with Crippen LogP contribution in [0.15, 0.2) is 48.5 Å². The summed E-state index contributed by atoms with van der Waals surface area (Å²) >= 11 is 0. The summed E-state index contributed by atoms with van der Waals surface area (Å²) in [5, 5.41) is 2.84. The fraction of sp³-hybridized carbons (Fsp3) is 0.286. The van der Waals surface area contributed by atoms with Crippen molar-refractivity contribution in [3.8, 4) is 0 Å². The molecule has 7 heteroatoms. The zero-order chi connectivity index (χ0) is 20.1. The third-order valence-corrected chi connectivity index (χ3v) is 4.82. The quantitative estimate of drug-likeness (QED) is 0.822. The van der Waals surface area contributed by atoms with Crippen LogP contribution in [0.25, 0.3) is 0 Å². The first-order valence-corrected chi connectivity index (χ1v) is 9.02. The van der Waals surface area contributed by atoms with Gasteiger partial charge in [0.25, 0.3) is 5.91 Å². The molecule has 0 unspecified atom stereocenters. The summed E-state index contributed by atoms with van der Waals surface area (Å²) in [7, 11) is 1.31. The zero-order valence-corrected chi connectivity index (χ0v) is 15.5. The molecule has 28 heavy (non-hydrogen) atoms. The molecular formula is C21H21FN2O4. The number of likely N-dealkylation sites (tertiary alicyclic amines) is 1. The van der Waals surface area contributed by atoms with Crippen molar-refractivity contribution in [2.24, 2.45) is 5.92 Å². The second kappa shape index (κ2) is 8.65. The molecule has 3 rings (SSSR count). The molecule has 0 aromatic heterocycles. The van der Waals surface area contributed by atoms with Crippen LogP contribution in [0.3, 0.4) is 0 Å². The lowest BCUT2D eigenvalue weighted by molar-refractivity contribution is -0.121. The minimum atomic E-state index is -0.434. The summed E-state index contributed by atoms with van der Waals surface area (Å²) in [5.41, 5.74) is 1.45. The molecule has 0 aliphatic carbocycles. The van der Waals surface area contributed by atoms with Crippen LogP contribution in [-0.4, -0.2) is 42.9 Å². The smallest absolute Gasteiger partial charge is 0.337 e. The number of esters is 1. The molecule has 1 N–H and O–H groups in total. The number of methoxy groups -OCH3 is 1. The number of hydrogen-bond acceptors (Lipinski definition) is 4. The fourth-order valence-electron chi connectivity index (χ4n) is 3.17. The van der Waals surface area contributed by atoms with Gasteiger partial charge in [0.2, 0.25) is 5.91 Å². The van der Waals surface area contributed by atoms with Crippen molar-refractivity contribution in [2.45, 2.75) is 12.8 Å². The van der Waals surface area contributed by atoms with E-state index in [0.717, 1.165) is 0 Å². The number of halogens is 1. The van der Waals surface area contributed by atoms with Crippen molar-refractivity contribution in [3.05, 3.63) is 65.5 Å². The van der Waals surface area contributed by atoms with Gasteiger partial charge in [-0.3, -0.25) is 9.59 Å². The number of carbonyl (C=O) groups excluding carboxylic acids is 3. The third-order valence-electron chi connectivity index (χ3n) is 4.82. The summed E-state index contributed by atoms with van der Waals surface area (Å²) in [6.07, 6.45) is 1.11. The molecule has 1 aliphatic heterocycles. The first-order chi connectivity index (χ1) is 13.5. The number of nitrogens with one attached hydrogen (secondary N) is 1. The Morgan fingerprint density at radius 2 is 1.54 bits per heavy atom. The van der Waals surface area contributed by atoms with E-state index in [1.807, 2.05) is 0 Å². The summed E-state index contributed by atoms with van der Waals surface area (Å²) in [6, 6.07) is 11.9. The van der Waals surface area contributed by atoms with Gasteiger partial charge in [-0.15, -0.1) is 0 Å². The SMILES string of the molecule is COC(=O)c1ccc(NC(=O)C2CCN(C(=O)c3ccc(F)cc3)CC2)cc1. The van der Waals surface area contributed by atoms with Gasteiger partial charge in [-0.05, 0) is 61.4 Å². The highest BCUT2D eigenvalue weighted by atomic mass is 19.1. The van der Waals surface area contributed by atoms with E-state index in [-0.39, 0.29) is 23.5 Å². The highest BCUT2D eigenvalue weighted by Crippen LogP contribution is 2.21. The number of carbonyl (C=O) groups is 3. The van der Waals surface area contributed by atoms with Crippen LogP contribution in [0.2, 0.25) is 0 Å². The molecule has 0 spiro atoms. The third kappa shape index (κ3) is 4.54. The predicted octanol–water partition coefficient (Wildman–Crippen LogP) is 3.10. The number of rotatable bonds is 4. The van der Waals surface area contributed by atoms with Crippen LogP contribution in [0.4, 0.5) is 10.1 Å². The predicted molar refractivity (Wildman–Crippen MR) is 101 cm³/mol. The summed E-state index contributed by atoms with van der Waals surface area (Å²) in [5.74, 6) is -1.28. The van der Waals surface area contributed by atoms with Crippen LogP contribution in [0, 0.1) is 11.7 Å². The van der Waals surface area contributed by atoms with Gasteiger partial charge in [-0.1, -0.05) is 0 Å². The number of hydrogen-bond donors (Lipinski definition) is 1. The lowest BCUT2D eigenvalue weighted by atomic mass is 9.95. The van der Waals surface area contributed by atoms with Gasteiger partial charge in [0.1, 0.15) is 5.82 Å². The van der Waals surface area contributed by atoms with Crippen molar-refractivity contribution in [3.63, 3.8) is 0 Å². The maximum atomic E-state index is 13.0. The zero-order valence-electron chi connectivity index (χ0n) is 15.5. The molecule has 2 aromatic carbocycles. The molecule has 6 nitrogen and oxygen atoms in total. The maximum Gasteiger partial charge on any atom is 0.337 e. The number of benzene rings is 2. The monoisotopic (exact) mass is 384 g/mol. The van der Waals surface area contributed by atoms with Gasteiger partial charge in [-0.25, -0.2) is 9.18 Å². The van der Waals surface area contributed by atoms with Crippen molar-refractivity contribution >= 4 is 23.5 Å². The van der Waals surface area contributed by atoms with E-state index in [1.54, 1.807) is 29.2 Å². The van der Waals surface area contributed by atoms with Gasteiger partial charge >= 0.3 is 5.97 Å². The normalized spacial score (nSPS) is 14.4. The van der Waals surface area contributed by atoms with Crippen LogP contribution >= 0.6 is 0 Å². The first-order valence-electron chi connectivity index (χ1n) is 9.02. The van der Waals surface area contributed by atoms with E-state index in [9.17, 15) is 18.8 Å². The lowest BCUT2D eigenvalue weighted by Crippen LogP contribution is -2.41. The molecule has 0 saturated carbocycles.